The minimum absolute atomic E-state index is 0.501. The molecule has 0 nitrogen and oxygen atoms in total. The van der Waals surface area contributed by atoms with Gasteiger partial charge in [0.2, 0.25) is 0 Å². The van der Waals surface area contributed by atoms with Gasteiger partial charge in [0.15, 0.2) is 0 Å². The second-order valence-electron chi connectivity index (χ2n) is 4.21. The van der Waals surface area contributed by atoms with E-state index >= 15 is 0 Å². The molecule has 0 unspecified atom stereocenters. The highest BCUT2D eigenvalue weighted by atomic mass is 79.9. The van der Waals surface area contributed by atoms with Crippen LogP contribution in [0.25, 0.3) is 0 Å². The summed E-state index contributed by atoms with van der Waals surface area (Å²) in [6.45, 7) is 8.72. The van der Waals surface area contributed by atoms with Crippen molar-refractivity contribution < 1.29 is 0 Å². The SMILES string of the molecule is CC(C)c1cc(Cl)cc(C(C)C)c1Br. The largest absolute Gasteiger partial charge is 0.0843 e. The number of benzene rings is 1. The first kappa shape index (κ1) is 12.1. The maximum atomic E-state index is 6.09. The zero-order valence-electron chi connectivity index (χ0n) is 9.07. The highest BCUT2D eigenvalue weighted by Gasteiger charge is 2.12. The Morgan fingerprint density at radius 2 is 1.36 bits per heavy atom. The molecule has 0 amide bonds. The fourth-order valence-corrected chi connectivity index (χ4v) is 2.85. The molecule has 0 aromatic heterocycles. The molecule has 78 valence electrons. The van der Waals surface area contributed by atoms with Crippen molar-refractivity contribution in [3.05, 3.63) is 32.8 Å². The van der Waals surface area contributed by atoms with Crippen molar-refractivity contribution in [2.75, 3.05) is 0 Å². The van der Waals surface area contributed by atoms with E-state index in [0.717, 1.165) is 5.02 Å². The van der Waals surface area contributed by atoms with Crippen molar-refractivity contribution in [2.24, 2.45) is 0 Å². The van der Waals surface area contributed by atoms with E-state index in [9.17, 15) is 0 Å². The third-order valence-corrected chi connectivity index (χ3v) is 3.47. The predicted octanol–water partition coefficient (Wildman–Crippen LogP) is 5.35. The Morgan fingerprint density at radius 1 is 1.00 bits per heavy atom. The van der Waals surface area contributed by atoms with Crippen LogP contribution < -0.4 is 0 Å². The van der Waals surface area contributed by atoms with E-state index in [1.807, 2.05) is 12.1 Å². The van der Waals surface area contributed by atoms with Crippen LogP contribution in [0.1, 0.15) is 50.7 Å². The normalized spacial score (nSPS) is 11.4. The van der Waals surface area contributed by atoms with E-state index in [1.54, 1.807) is 0 Å². The van der Waals surface area contributed by atoms with Crippen molar-refractivity contribution >= 4 is 27.5 Å². The molecule has 0 bridgehead atoms. The maximum Gasteiger partial charge on any atom is 0.0412 e. The highest BCUT2D eigenvalue weighted by Crippen LogP contribution is 2.34. The van der Waals surface area contributed by atoms with E-state index < -0.39 is 0 Å². The van der Waals surface area contributed by atoms with Gasteiger partial charge in [0.1, 0.15) is 0 Å². The first-order valence-corrected chi connectivity index (χ1v) is 6.09. The van der Waals surface area contributed by atoms with Crippen molar-refractivity contribution in [1.29, 1.82) is 0 Å². The number of hydrogen-bond donors (Lipinski definition) is 0. The van der Waals surface area contributed by atoms with Gasteiger partial charge in [-0.1, -0.05) is 55.2 Å². The summed E-state index contributed by atoms with van der Waals surface area (Å²) in [4.78, 5) is 0. The standard InChI is InChI=1S/C12H16BrCl/c1-7(2)10-5-9(14)6-11(8(3)4)12(10)13/h5-8H,1-4H3. The molecular weight excluding hydrogens is 259 g/mol. The summed E-state index contributed by atoms with van der Waals surface area (Å²) in [7, 11) is 0. The molecule has 0 aliphatic heterocycles. The van der Waals surface area contributed by atoms with Crippen LogP contribution >= 0.6 is 27.5 Å². The van der Waals surface area contributed by atoms with Crippen LogP contribution in [-0.2, 0) is 0 Å². The van der Waals surface area contributed by atoms with Crippen LogP contribution in [-0.4, -0.2) is 0 Å². The molecular formula is C12H16BrCl. The lowest BCUT2D eigenvalue weighted by atomic mass is 9.96. The smallest absolute Gasteiger partial charge is 0.0412 e. The Balaban J connectivity index is 3.32. The molecule has 0 N–H and O–H groups in total. The van der Waals surface area contributed by atoms with E-state index in [4.69, 9.17) is 11.6 Å². The van der Waals surface area contributed by atoms with Gasteiger partial charge in [0.05, 0.1) is 0 Å². The van der Waals surface area contributed by atoms with Crippen LogP contribution in [0.4, 0.5) is 0 Å². The van der Waals surface area contributed by atoms with Gasteiger partial charge in [-0.25, -0.2) is 0 Å². The molecule has 1 aromatic carbocycles. The highest BCUT2D eigenvalue weighted by molar-refractivity contribution is 9.10. The summed E-state index contributed by atoms with van der Waals surface area (Å²) < 4.78 is 1.21. The molecule has 14 heavy (non-hydrogen) atoms. The van der Waals surface area contributed by atoms with Crippen molar-refractivity contribution in [3.8, 4) is 0 Å². The summed E-state index contributed by atoms with van der Waals surface area (Å²) in [5, 5.41) is 0.834. The van der Waals surface area contributed by atoms with Crippen LogP contribution in [0.15, 0.2) is 16.6 Å². The fourth-order valence-electron chi connectivity index (χ4n) is 1.47. The summed E-state index contributed by atoms with van der Waals surface area (Å²) in [5.74, 6) is 1.00. The van der Waals surface area contributed by atoms with Gasteiger partial charge in [-0.3, -0.25) is 0 Å². The monoisotopic (exact) mass is 274 g/mol. The van der Waals surface area contributed by atoms with Crippen LogP contribution in [0, 0.1) is 0 Å². The quantitative estimate of drug-likeness (QED) is 0.682. The van der Waals surface area contributed by atoms with Gasteiger partial charge in [0, 0.05) is 9.50 Å². The first-order chi connectivity index (χ1) is 6.43. The van der Waals surface area contributed by atoms with Crippen molar-refractivity contribution in [1.82, 2.24) is 0 Å². The Labute approximate surface area is 99.8 Å². The summed E-state index contributed by atoms with van der Waals surface area (Å²) >= 11 is 9.75. The zero-order chi connectivity index (χ0) is 10.9. The lowest BCUT2D eigenvalue weighted by Gasteiger charge is -2.15. The molecule has 0 saturated heterocycles. The molecule has 0 aliphatic rings. The molecule has 0 spiro atoms. The van der Waals surface area contributed by atoms with E-state index in [0.29, 0.717) is 11.8 Å². The zero-order valence-corrected chi connectivity index (χ0v) is 11.4. The molecule has 2 heteroatoms. The van der Waals surface area contributed by atoms with Crippen LogP contribution in [0.5, 0.6) is 0 Å². The van der Waals surface area contributed by atoms with Gasteiger partial charge in [-0.2, -0.15) is 0 Å². The average molecular weight is 276 g/mol. The molecule has 1 rings (SSSR count). The summed E-state index contributed by atoms with van der Waals surface area (Å²) in [6, 6.07) is 4.09. The maximum absolute atomic E-state index is 6.09. The third kappa shape index (κ3) is 2.52. The van der Waals surface area contributed by atoms with Crippen molar-refractivity contribution in [3.63, 3.8) is 0 Å². The van der Waals surface area contributed by atoms with Crippen molar-refractivity contribution in [2.45, 2.75) is 39.5 Å². The van der Waals surface area contributed by atoms with Gasteiger partial charge >= 0.3 is 0 Å². The van der Waals surface area contributed by atoms with Gasteiger partial charge in [0.25, 0.3) is 0 Å². The van der Waals surface area contributed by atoms with Crippen LogP contribution in [0.3, 0.4) is 0 Å². The van der Waals surface area contributed by atoms with E-state index in [-0.39, 0.29) is 0 Å². The molecule has 1 aromatic rings. The first-order valence-electron chi connectivity index (χ1n) is 4.92. The number of halogens is 2. The Bertz CT molecular complexity index is 300. The van der Waals surface area contributed by atoms with Gasteiger partial charge < -0.3 is 0 Å². The van der Waals surface area contributed by atoms with E-state index in [2.05, 4.69) is 43.6 Å². The van der Waals surface area contributed by atoms with Gasteiger partial charge in [-0.05, 0) is 35.1 Å². The third-order valence-electron chi connectivity index (χ3n) is 2.34. The van der Waals surface area contributed by atoms with Gasteiger partial charge in [-0.15, -0.1) is 0 Å². The van der Waals surface area contributed by atoms with E-state index in [1.165, 1.54) is 15.6 Å². The average Bonchev–Trinajstić information content (AvgIpc) is 2.07. The number of hydrogen-bond acceptors (Lipinski definition) is 0. The summed E-state index contributed by atoms with van der Waals surface area (Å²) in [5.41, 5.74) is 2.59. The lowest BCUT2D eigenvalue weighted by molar-refractivity contribution is 0.824. The predicted molar refractivity (Wildman–Crippen MR) is 67.3 cm³/mol. The minimum Gasteiger partial charge on any atom is -0.0843 e. The topological polar surface area (TPSA) is 0 Å². The second kappa shape index (κ2) is 4.67. The Kier molecular flexibility index (Phi) is 4.03. The molecule has 0 aliphatic carbocycles. The lowest BCUT2D eigenvalue weighted by Crippen LogP contribution is -1.96. The molecule has 0 atom stereocenters. The Hall–Kier alpha value is -0.0100. The Morgan fingerprint density at radius 3 is 1.64 bits per heavy atom. The molecule has 0 fully saturated rings. The summed E-state index contributed by atoms with van der Waals surface area (Å²) in [6.07, 6.45) is 0. The van der Waals surface area contributed by atoms with Crippen LogP contribution in [0.2, 0.25) is 5.02 Å². The number of rotatable bonds is 2. The second-order valence-corrected chi connectivity index (χ2v) is 5.44. The molecule has 0 radical (unpaired) electrons. The fraction of sp³-hybridized carbons (Fsp3) is 0.500. The molecule has 0 heterocycles. The molecule has 0 saturated carbocycles. The minimum atomic E-state index is 0.501.